The molecule has 1 aliphatic carbocycles. The van der Waals surface area contributed by atoms with Crippen molar-refractivity contribution >= 4 is 5.78 Å². The van der Waals surface area contributed by atoms with Crippen LogP contribution in [0.5, 0.6) is 0 Å². The number of hydrogen-bond acceptors (Lipinski definition) is 2. The number of hydrogen-bond donors (Lipinski definition) is 1. The normalized spacial score (nSPS) is 19.8. The maximum absolute atomic E-state index is 11.1. The van der Waals surface area contributed by atoms with Crippen molar-refractivity contribution in [3.8, 4) is 0 Å². The average Bonchev–Trinajstić information content (AvgIpc) is 2.81. The zero-order valence-electron chi connectivity index (χ0n) is 7.39. The summed E-state index contributed by atoms with van der Waals surface area (Å²) < 4.78 is 0. The molecule has 1 atom stereocenters. The molecule has 2 nitrogen and oxygen atoms in total. The minimum Gasteiger partial charge on any atom is -0.313 e. The van der Waals surface area contributed by atoms with Crippen molar-refractivity contribution in [3.63, 3.8) is 0 Å². The van der Waals surface area contributed by atoms with E-state index in [1.165, 1.54) is 12.8 Å². The summed E-state index contributed by atoms with van der Waals surface area (Å²) in [6.45, 7) is 4.80. The SMILES string of the molecule is CCC(=O)C(C)CNC1CC1. The van der Waals surface area contributed by atoms with Crippen molar-refractivity contribution < 1.29 is 4.79 Å². The van der Waals surface area contributed by atoms with Gasteiger partial charge in [-0.15, -0.1) is 0 Å². The van der Waals surface area contributed by atoms with Gasteiger partial charge >= 0.3 is 0 Å². The monoisotopic (exact) mass is 155 g/mol. The second-order valence-electron chi connectivity index (χ2n) is 3.40. The first-order valence-corrected chi connectivity index (χ1v) is 4.50. The standard InChI is InChI=1S/C9H17NO/c1-3-9(11)7(2)6-10-8-4-5-8/h7-8,10H,3-6H2,1-2H3. The Hall–Kier alpha value is -0.370. The second kappa shape index (κ2) is 3.86. The van der Waals surface area contributed by atoms with Crippen molar-refractivity contribution in [2.45, 2.75) is 39.2 Å². The quantitative estimate of drug-likeness (QED) is 0.649. The fraction of sp³-hybridized carbons (Fsp3) is 0.889. The van der Waals surface area contributed by atoms with Crippen molar-refractivity contribution in [3.05, 3.63) is 0 Å². The van der Waals surface area contributed by atoms with E-state index in [-0.39, 0.29) is 5.92 Å². The molecule has 11 heavy (non-hydrogen) atoms. The summed E-state index contributed by atoms with van der Waals surface area (Å²) >= 11 is 0. The Labute approximate surface area is 68.4 Å². The van der Waals surface area contributed by atoms with Crippen LogP contribution in [-0.4, -0.2) is 18.4 Å². The highest BCUT2D eigenvalue weighted by molar-refractivity contribution is 5.80. The maximum Gasteiger partial charge on any atom is 0.136 e. The van der Waals surface area contributed by atoms with Crippen molar-refractivity contribution in [2.75, 3.05) is 6.54 Å². The summed E-state index contributed by atoms with van der Waals surface area (Å²) in [5.74, 6) is 0.582. The lowest BCUT2D eigenvalue weighted by Crippen LogP contribution is -2.27. The van der Waals surface area contributed by atoms with Gasteiger partial charge in [0.25, 0.3) is 0 Å². The van der Waals surface area contributed by atoms with Crippen LogP contribution in [0.4, 0.5) is 0 Å². The molecule has 0 spiro atoms. The molecule has 0 aromatic rings. The summed E-state index contributed by atoms with van der Waals surface area (Å²) in [5, 5.41) is 3.35. The van der Waals surface area contributed by atoms with Gasteiger partial charge in [-0.25, -0.2) is 0 Å². The van der Waals surface area contributed by atoms with Crippen LogP contribution in [0.3, 0.4) is 0 Å². The van der Waals surface area contributed by atoms with Gasteiger partial charge in [-0.05, 0) is 12.8 Å². The molecule has 0 radical (unpaired) electrons. The number of nitrogens with one attached hydrogen (secondary N) is 1. The van der Waals surface area contributed by atoms with Gasteiger partial charge in [0, 0.05) is 24.9 Å². The second-order valence-corrected chi connectivity index (χ2v) is 3.40. The highest BCUT2D eigenvalue weighted by atomic mass is 16.1. The molecule has 0 heterocycles. The molecule has 0 amide bonds. The Kier molecular flexibility index (Phi) is 3.06. The molecule has 1 rings (SSSR count). The number of carbonyl (C=O) groups excluding carboxylic acids is 1. The third-order valence-corrected chi connectivity index (χ3v) is 2.19. The topological polar surface area (TPSA) is 29.1 Å². The van der Waals surface area contributed by atoms with E-state index in [2.05, 4.69) is 5.32 Å². The lowest BCUT2D eigenvalue weighted by molar-refractivity contribution is -0.121. The third kappa shape index (κ3) is 3.02. The molecule has 1 unspecified atom stereocenters. The van der Waals surface area contributed by atoms with E-state index in [1.807, 2.05) is 13.8 Å². The predicted octanol–water partition coefficient (Wildman–Crippen LogP) is 1.35. The van der Waals surface area contributed by atoms with E-state index < -0.39 is 0 Å². The molecule has 2 heteroatoms. The van der Waals surface area contributed by atoms with Crippen LogP contribution in [0.25, 0.3) is 0 Å². The van der Waals surface area contributed by atoms with Gasteiger partial charge in [0.15, 0.2) is 0 Å². The number of ketones is 1. The van der Waals surface area contributed by atoms with E-state index in [0.29, 0.717) is 12.2 Å². The van der Waals surface area contributed by atoms with E-state index >= 15 is 0 Å². The molecule has 0 saturated heterocycles. The van der Waals surface area contributed by atoms with Crippen molar-refractivity contribution in [1.82, 2.24) is 5.32 Å². The summed E-state index contributed by atoms with van der Waals surface area (Å²) in [6.07, 6.45) is 3.27. The van der Waals surface area contributed by atoms with Gasteiger partial charge < -0.3 is 5.32 Å². The van der Waals surface area contributed by atoms with Crippen LogP contribution in [0.2, 0.25) is 0 Å². The van der Waals surface area contributed by atoms with Crippen LogP contribution in [0.15, 0.2) is 0 Å². The number of Topliss-reactive ketones (excluding diaryl/α,β-unsaturated/α-hetero) is 1. The van der Waals surface area contributed by atoms with Gasteiger partial charge in [0.1, 0.15) is 5.78 Å². The molecular weight excluding hydrogens is 138 g/mol. The Morgan fingerprint density at radius 2 is 2.27 bits per heavy atom. The highest BCUT2D eigenvalue weighted by Gasteiger charge is 2.21. The zero-order valence-corrected chi connectivity index (χ0v) is 7.39. The molecule has 0 aromatic carbocycles. The zero-order chi connectivity index (χ0) is 8.27. The minimum absolute atomic E-state index is 0.209. The summed E-state index contributed by atoms with van der Waals surface area (Å²) in [4.78, 5) is 11.1. The van der Waals surface area contributed by atoms with Gasteiger partial charge in [-0.1, -0.05) is 13.8 Å². The van der Waals surface area contributed by atoms with Crippen LogP contribution < -0.4 is 5.32 Å². The van der Waals surface area contributed by atoms with Crippen molar-refractivity contribution in [2.24, 2.45) is 5.92 Å². The van der Waals surface area contributed by atoms with E-state index in [0.717, 1.165) is 12.6 Å². The van der Waals surface area contributed by atoms with Crippen LogP contribution in [0.1, 0.15) is 33.1 Å². The Balaban J connectivity index is 2.08. The van der Waals surface area contributed by atoms with Gasteiger partial charge in [0.05, 0.1) is 0 Å². The maximum atomic E-state index is 11.1. The van der Waals surface area contributed by atoms with Crippen LogP contribution in [-0.2, 0) is 4.79 Å². The predicted molar refractivity (Wildman–Crippen MR) is 45.5 cm³/mol. The van der Waals surface area contributed by atoms with E-state index in [9.17, 15) is 4.79 Å². The molecule has 0 aromatic heterocycles. The summed E-state index contributed by atoms with van der Waals surface area (Å²) in [5.41, 5.74) is 0. The molecule has 0 bridgehead atoms. The smallest absolute Gasteiger partial charge is 0.136 e. The van der Waals surface area contributed by atoms with Gasteiger partial charge in [-0.2, -0.15) is 0 Å². The van der Waals surface area contributed by atoms with Crippen LogP contribution in [0, 0.1) is 5.92 Å². The van der Waals surface area contributed by atoms with E-state index in [1.54, 1.807) is 0 Å². The fourth-order valence-corrected chi connectivity index (χ4v) is 1.09. The largest absolute Gasteiger partial charge is 0.313 e. The third-order valence-electron chi connectivity index (χ3n) is 2.19. The lowest BCUT2D eigenvalue weighted by Gasteiger charge is -2.08. The first kappa shape index (κ1) is 8.72. The van der Waals surface area contributed by atoms with Gasteiger partial charge in [-0.3, -0.25) is 4.79 Å². The fourth-order valence-electron chi connectivity index (χ4n) is 1.09. The molecule has 64 valence electrons. The number of rotatable bonds is 5. The number of carbonyl (C=O) groups is 1. The molecule has 1 fully saturated rings. The summed E-state index contributed by atoms with van der Waals surface area (Å²) in [7, 11) is 0. The van der Waals surface area contributed by atoms with Gasteiger partial charge in [0.2, 0.25) is 0 Å². The molecular formula is C9H17NO. The first-order chi connectivity index (χ1) is 5.24. The molecule has 1 N–H and O–H groups in total. The Bertz CT molecular complexity index is 140. The molecule has 0 aliphatic heterocycles. The van der Waals surface area contributed by atoms with E-state index in [4.69, 9.17) is 0 Å². The Morgan fingerprint density at radius 3 is 2.73 bits per heavy atom. The lowest BCUT2D eigenvalue weighted by atomic mass is 10.1. The van der Waals surface area contributed by atoms with Crippen LogP contribution >= 0.6 is 0 Å². The summed E-state index contributed by atoms with van der Waals surface area (Å²) in [6, 6.07) is 0.724. The first-order valence-electron chi connectivity index (χ1n) is 4.50. The minimum atomic E-state index is 0.209. The highest BCUT2D eigenvalue weighted by Crippen LogP contribution is 2.18. The van der Waals surface area contributed by atoms with Crippen molar-refractivity contribution in [1.29, 1.82) is 0 Å². The average molecular weight is 155 g/mol. The Morgan fingerprint density at radius 1 is 1.64 bits per heavy atom. The molecule has 1 aliphatic rings. The molecule has 1 saturated carbocycles.